The van der Waals surface area contributed by atoms with E-state index < -0.39 is 0 Å². The van der Waals surface area contributed by atoms with Crippen molar-refractivity contribution < 1.29 is 19.4 Å². The van der Waals surface area contributed by atoms with E-state index in [0.717, 1.165) is 39.1 Å². The summed E-state index contributed by atoms with van der Waals surface area (Å²) in [5, 5.41) is 13.4. The fourth-order valence-corrected chi connectivity index (χ4v) is 2.66. The highest BCUT2D eigenvalue weighted by Crippen LogP contribution is 2.34. The van der Waals surface area contributed by atoms with Crippen molar-refractivity contribution in [3.05, 3.63) is 17.7 Å². The molecule has 23 heavy (non-hydrogen) atoms. The summed E-state index contributed by atoms with van der Waals surface area (Å²) in [6.07, 6.45) is 1.16. The van der Waals surface area contributed by atoms with E-state index >= 15 is 0 Å². The molecule has 0 saturated carbocycles. The van der Waals surface area contributed by atoms with Crippen LogP contribution in [0.15, 0.2) is 12.1 Å². The van der Waals surface area contributed by atoms with Gasteiger partial charge in [0.1, 0.15) is 22.8 Å². The molecule has 0 unspecified atom stereocenters. The fourth-order valence-electron chi connectivity index (χ4n) is 2.66. The number of piperazine rings is 1. The topological polar surface area (TPSA) is 71.0 Å². The minimum Gasteiger partial charge on any atom is -0.507 e. The lowest BCUT2D eigenvalue weighted by atomic mass is 10.0. The van der Waals surface area contributed by atoms with Gasteiger partial charge in [0, 0.05) is 44.7 Å². The van der Waals surface area contributed by atoms with Crippen LogP contribution < -0.4 is 14.8 Å². The molecule has 7 heteroatoms. The molecule has 1 saturated heterocycles. The third kappa shape index (κ3) is 5.27. The predicted molar refractivity (Wildman–Crippen MR) is 91.3 cm³/mol. The number of rotatable bonds is 7. The number of carbonyl (C=O) groups excluding carboxylic acids is 1. The Labute approximate surface area is 143 Å². The average Bonchev–Trinajstić information content (AvgIpc) is 2.54. The van der Waals surface area contributed by atoms with E-state index in [-0.39, 0.29) is 29.5 Å². The van der Waals surface area contributed by atoms with E-state index in [2.05, 4.69) is 10.2 Å². The SMILES string of the molecule is COc1cc(O)c(C(=O)CCCN2CCNCC2)c(OC)c1.Cl. The first kappa shape index (κ1) is 19.5. The molecule has 1 aromatic rings. The monoisotopic (exact) mass is 344 g/mol. The Kier molecular flexibility index (Phi) is 8.16. The molecule has 1 fully saturated rings. The Hall–Kier alpha value is -1.50. The lowest BCUT2D eigenvalue weighted by Crippen LogP contribution is -2.43. The molecule has 0 spiro atoms. The van der Waals surface area contributed by atoms with Gasteiger partial charge in [-0.1, -0.05) is 0 Å². The van der Waals surface area contributed by atoms with Crippen molar-refractivity contribution in [2.75, 3.05) is 46.9 Å². The number of aromatic hydroxyl groups is 1. The predicted octanol–water partition coefficient (Wildman–Crippen LogP) is 1.70. The summed E-state index contributed by atoms with van der Waals surface area (Å²) in [4.78, 5) is 14.7. The van der Waals surface area contributed by atoms with Gasteiger partial charge in [-0.3, -0.25) is 4.79 Å². The first-order valence-electron chi connectivity index (χ1n) is 7.57. The molecule has 6 nitrogen and oxygen atoms in total. The number of phenols is 1. The van der Waals surface area contributed by atoms with Crippen LogP contribution in [0, 0.1) is 0 Å². The molecule has 0 radical (unpaired) electrons. The largest absolute Gasteiger partial charge is 0.507 e. The third-order valence-corrected chi connectivity index (χ3v) is 3.88. The van der Waals surface area contributed by atoms with Crippen LogP contribution in [0.4, 0.5) is 0 Å². The summed E-state index contributed by atoms with van der Waals surface area (Å²) in [5.41, 5.74) is 0.239. The number of halogens is 1. The van der Waals surface area contributed by atoms with Crippen LogP contribution in [0.3, 0.4) is 0 Å². The minimum absolute atomic E-state index is 0. The van der Waals surface area contributed by atoms with Crippen LogP contribution in [-0.4, -0.2) is 62.7 Å². The minimum atomic E-state index is -0.105. The number of benzene rings is 1. The molecule has 0 amide bonds. The van der Waals surface area contributed by atoms with Gasteiger partial charge >= 0.3 is 0 Å². The second-order valence-electron chi connectivity index (χ2n) is 5.34. The molecular formula is C16H25ClN2O4. The van der Waals surface area contributed by atoms with Crippen LogP contribution >= 0.6 is 12.4 Å². The van der Waals surface area contributed by atoms with Gasteiger partial charge in [0.05, 0.1) is 14.2 Å². The highest BCUT2D eigenvalue weighted by molar-refractivity contribution is 6.01. The molecule has 0 aromatic heterocycles. The van der Waals surface area contributed by atoms with Crippen LogP contribution in [0.1, 0.15) is 23.2 Å². The second-order valence-corrected chi connectivity index (χ2v) is 5.34. The molecule has 2 N–H and O–H groups in total. The van der Waals surface area contributed by atoms with Gasteiger partial charge in [-0.25, -0.2) is 0 Å². The zero-order valence-electron chi connectivity index (χ0n) is 13.6. The molecule has 1 aliphatic rings. The van der Waals surface area contributed by atoms with Crippen LogP contribution in [0.5, 0.6) is 17.2 Å². The lowest BCUT2D eigenvalue weighted by molar-refractivity contribution is 0.0968. The Morgan fingerprint density at radius 3 is 2.57 bits per heavy atom. The Morgan fingerprint density at radius 1 is 1.26 bits per heavy atom. The summed E-state index contributed by atoms with van der Waals surface area (Å²) in [5.74, 6) is 0.617. The summed E-state index contributed by atoms with van der Waals surface area (Å²) < 4.78 is 10.3. The Balaban J connectivity index is 0.00000264. The van der Waals surface area contributed by atoms with Gasteiger partial charge < -0.3 is 24.8 Å². The number of ketones is 1. The van der Waals surface area contributed by atoms with Gasteiger partial charge in [-0.05, 0) is 13.0 Å². The number of nitrogens with zero attached hydrogens (tertiary/aromatic N) is 1. The van der Waals surface area contributed by atoms with Crippen molar-refractivity contribution in [2.24, 2.45) is 0 Å². The first-order chi connectivity index (χ1) is 10.7. The van der Waals surface area contributed by atoms with Crippen molar-refractivity contribution >= 4 is 18.2 Å². The molecule has 130 valence electrons. The van der Waals surface area contributed by atoms with E-state index in [1.807, 2.05) is 0 Å². The second kappa shape index (κ2) is 9.60. The normalized spacial score (nSPS) is 14.9. The number of hydrogen-bond donors (Lipinski definition) is 2. The molecular weight excluding hydrogens is 320 g/mol. The molecule has 1 aromatic carbocycles. The van der Waals surface area contributed by atoms with Crippen LogP contribution in [0.2, 0.25) is 0 Å². The molecule has 1 heterocycles. The summed E-state index contributed by atoms with van der Waals surface area (Å²) in [7, 11) is 2.98. The highest BCUT2D eigenvalue weighted by atomic mass is 35.5. The number of phenolic OH excluding ortho intramolecular Hbond substituents is 1. The maximum atomic E-state index is 12.4. The van der Waals surface area contributed by atoms with Gasteiger partial charge in [0.15, 0.2) is 5.78 Å². The Bertz CT molecular complexity index is 519. The number of carbonyl (C=O) groups is 1. The van der Waals surface area contributed by atoms with Crippen molar-refractivity contribution in [3.8, 4) is 17.2 Å². The lowest BCUT2D eigenvalue weighted by Gasteiger charge is -2.26. The van der Waals surface area contributed by atoms with Gasteiger partial charge in [-0.15, -0.1) is 12.4 Å². The summed E-state index contributed by atoms with van der Waals surface area (Å²) in [6.45, 7) is 4.94. The molecule has 0 atom stereocenters. The molecule has 0 bridgehead atoms. The zero-order chi connectivity index (χ0) is 15.9. The van der Waals surface area contributed by atoms with Gasteiger partial charge in [-0.2, -0.15) is 0 Å². The molecule has 1 aliphatic heterocycles. The number of Topliss-reactive ketones (excluding diaryl/α,β-unsaturated/α-hetero) is 1. The zero-order valence-corrected chi connectivity index (χ0v) is 14.4. The maximum Gasteiger partial charge on any atom is 0.170 e. The van der Waals surface area contributed by atoms with Crippen molar-refractivity contribution in [1.82, 2.24) is 10.2 Å². The van der Waals surface area contributed by atoms with E-state index in [0.29, 0.717) is 17.9 Å². The average molecular weight is 345 g/mol. The third-order valence-electron chi connectivity index (χ3n) is 3.88. The summed E-state index contributed by atoms with van der Waals surface area (Å²) >= 11 is 0. The van der Waals surface area contributed by atoms with E-state index in [4.69, 9.17) is 9.47 Å². The number of nitrogens with one attached hydrogen (secondary N) is 1. The molecule has 2 rings (SSSR count). The van der Waals surface area contributed by atoms with Crippen molar-refractivity contribution in [2.45, 2.75) is 12.8 Å². The van der Waals surface area contributed by atoms with E-state index in [9.17, 15) is 9.90 Å². The number of ether oxygens (including phenoxy) is 2. The van der Waals surface area contributed by atoms with Gasteiger partial charge in [0.25, 0.3) is 0 Å². The van der Waals surface area contributed by atoms with Gasteiger partial charge in [0.2, 0.25) is 0 Å². The first-order valence-corrected chi connectivity index (χ1v) is 7.57. The van der Waals surface area contributed by atoms with E-state index in [1.54, 1.807) is 6.07 Å². The van der Waals surface area contributed by atoms with Crippen LogP contribution in [0.25, 0.3) is 0 Å². The fraction of sp³-hybridized carbons (Fsp3) is 0.562. The van der Waals surface area contributed by atoms with Crippen molar-refractivity contribution in [1.29, 1.82) is 0 Å². The van der Waals surface area contributed by atoms with Crippen LogP contribution in [-0.2, 0) is 0 Å². The quantitative estimate of drug-likeness (QED) is 0.734. The maximum absolute atomic E-state index is 12.4. The van der Waals surface area contributed by atoms with Crippen molar-refractivity contribution in [3.63, 3.8) is 0 Å². The standard InChI is InChI=1S/C16H24N2O4.ClH/c1-21-12-10-14(20)16(15(11-12)22-2)13(19)4-3-7-18-8-5-17-6-9-18;/h10-11,17,20H,3-9H2,1-2H3;1H. The highest BCUT2D eigenvalue weighted by Gasteiger charge is 2.19. The number of methoxy groups -OCH3 is 2. The summed E-state index contributed by atoms with van der Waals surface area (Å²) in [6, 6.07) is 3.05. The van der Waals surface area contributed by atoms with E-state index in [1.165, 1.54) is 20.3 Å². The number of hydrogen-bond acceptors (Lipinski definition) is 6. The molecule has 0 aliphatic carbocycles. The smallest absolute Gasteiger partial charge is 0.170 e. The Morgan fingerprint density at radius 2 is 1.96 bits per heavy atom.